The molecule has 10 heteroatoms. The Morgan fingerprint density at radius 2 is 1.97 bits per heavy atom. The molecule has 3 heterocycles. The molecule has 5 rings (SSSR count). The molecule has 0 saturated heterocycles. The Kier molecular flexibility index (Phi) is 7.61. The average Bonchev–Trinajstić information content (AvgIpc) is 3.50. The van der Waals surface area contributed by atoms with Crippen LogP contribution in [0.5, 0.6) is 0 Å². The van der Waals surface area contributed by atoms with Crippen LogP contribution in [0.25, 0.3) is 10.9 Å². The third-order valence-corrected chi connectivity index (χ3v) is 7.57. The molecule has 0 radical (unpaired) electrons. The number of likely N-dealkylation sites (N-methyl/N-ethyl adjacent to an activating group) is 1. The topological polar surface area (TPSA) is 57.0 Å². The average molecular weight is 531 g/mol. The van der Waals surface area contributed by atoms with E-state index in [1.54, 1.807) is 24.3 Å². The maximum absolute atomic E-state index is 14.6. The second-order valence-corrected chi connectivity index (χ2v) is 10.5. The second-order valence-electron chi connectivity index (χ2n) is 10.5. The number of fused-ring (bicyclic) bond motifs is 1. The zero-order valence-corrected chi connectivity index (χ0v) is 21.7. The molecule has 1 saturated carbocycles. The minimum atomic E-state index is -4.44. The zero-order chi connectivity index (χ0) is 26.9. The maximum Gasteiger partial charge on any atom is 0.406 e. The van der Waals surface area contributed by atoms with E-state index in [2.05, 4.69) is 27.2 Å². The van der Waals surface area contributed by atoms with Crippen molar-refractivity contribution in [1.29, 1.82) is 0 Å². The number of benzene rings is 1. The van der Waals surface area contributed by atoms with E-state index in [1.807, 2.05) is 11.9 Å². The van der Waals surface area contributed by atoms with E-state index < -0.39 is 12.7 Å². The van der Waals surface area contributed by atoms with Gasteiger partial charge in [0.15, 0.2) is 5.84 Å². The van der Waals surface area contributed by atoms with E-state index in [1.165, 1.54) is 36.7 Å². The Balaban J connectivity index is 1.43. The van der Waals surface area contributed by atoms with E-state index in [0.29, 0.717) is 52.6 Å². The van der Waals surface area contributed by atoms with Crippen LogP contribution in [-0.4, -0.2) is 60.4 Å². The molecular weight excluding hydrogens is 496 g/mol. The van der Waals surface area contributed by atoms with Gasteiger partial charge in [-0.2, -0.15) is 13.2 Å². The maximum atomic E-state index is 14.6. The fraction of sp³-hybridized carbons (Fsp3) is 0.500. The summed E-state index contributed by atoms with van der Waals surface area (Å²) >= 11 is 0. The number of nitrogens with one attached hydrogen (secondary N) is 2. The Hall–Kier alpha value is -3.14. The summed E-state index contributed by atoms with van der Waals surface area (Å²) in [4.78, 5) is 11.0. The highest BCUT2D eigenvalue weighted by Crippen LogP contribution is 2.33. The molecule has 2 aliphatic heterocycles. The molecule has 204 valence electrons. The van der Waals surface area contributed by atoms with E-state index in [9.17, 15) is 17.6 Å². The highest BCUT2D eigenvalue weighted by molar-refractivity contribution is 6.17. The van der Waals surface area contributed by atoms with Crippen molar-refractivity contribution in [3.8, 4) is 0 Å². The van der Waals surface area contributed by atoms with Crippen molar-refractivity contribution in [3.63, 3.8) is 0 Å². The highest BCUT2D eigenvalue weighted by atomic mass is 19.4. The van der Waals surface area contributed by atoms with Crippen molar-refractivity contribution in [2.75, 3.05) is 38.5 Å². The quantitative estimate of drug-likeness (QED) is 0.411. The SMILES string of the molecule is C=C(NCC1CCCCC1)C1=NC(c2cc3c(NC4=C(F)CN(C)CC4)cccc3n2CC(F)(F)F)=NC1. The first-order chi connectivity index (χ1) is 18.2. The molecule has 1 fully saturated rings. The van der Waals surface area contributed by atoms with Gasteiger partial charge in [-0.3, -0.25) is 9.89 Å². The standard InChI is InChI=1S/C28H34F4N6/c1-18(33-14-19-7-4-3-5-8-19)24-15-34-27(36-24)26-13-20-22(35-23-11-12-37(2)16-21(23)29)9-6-10-25(20)38(26)17-28(30,31)32/h6,9-10,13,19,33,35H,1,3-5,7-8,11-12,14-17H2,2H3. The van der Waals surface area contributed by atoms with Gasteiger partial charge >= 0.3 is 6.18 Å². The van der Waals surface area contributed by atoms with Crippen LogP contribution in [-0.2, 0) is 6.54 Å². The molecular formula is C28H34F4N6. The van der Waals surface area contributed by atoms with Crippen molar-refractivity contribution >= 4 is 28.1 Å². The van der Waals surface area contributed by atoms with Gasteiger partial charge in [0.1, 0.15) is 12.4 Å². The van der Waals surface area contributed by atoms with Crippen LogP contribution in [0.1, 0.15) is 44.2 Å². The molecule has 0 unspecified atom stereocenters. The number of aliphatic imine (C=N–C) groups is 2. The fourth-order valence-corrected chi connectivity index (χ4v) is 5.48. The molecule has 3 aliphatic rings. The minimum Gasteiger partial charge on any atom is -0.384 e. The third kappa shape index (κ3) is 5.95. The summed E-state index contributed by atoms with van der Waals surface area (Å²) in [5.41, 5.74) is 2.98. The van der Waals surface area contributed by atoms with Crippen molar-refractivity contribution in [3.05, 3.63) is 53.8 Å². The number of halogens is 4. The lowest BCUT2D eigenvalue weighted by atomic mass is 9.89. The van der Waals surface area contributed by atoms with Crippen molar-refractivity contribution in [1.82, 2.24) is 14.8 Å². The molecule has 38 heavy (non-hydrogen) atoms. The monoisotopic (exact) mass is 530 g/mol. The number of aromatic nitrogens is 1. The first-order valence-electron chi connectivity index (χ1n) is 13.3. The summed E-state index contributed by atoms with van der Waals surface area (Å²) in [6, 6.07) is 6.74. The van der Waals surface area contributed by atoms with Crippen LogP contribution in [0.3, 0.4) is 0 Å². The van der Waals surface area contributed by atoms with Crippen LogP contribution in [0, 0.1) is 5.92 Å². The summed E-state index contributed by atoms with van der Waals surface area (Å²) in [7, 11) is 1.85. The van der Waals surface area contributed by atoms with Crippen LogP contribution >= 0.6 is 0 Å². The number of nitrogens with zero attached hydrogens (tertiary/aromatic N) is 4. The van der Waals surface area contributed by atoms with E-state index in [-0.39, 0.29) is 30.4 Å². The lowest BCUT2D eigenvalue weighted by Gasteiger charge is -2.24. The lowest BCUT2D eigenvalue weighted by Crippen LogP contribution is -2.28. The summed E-state index contributed by atoms with van der Waals surface area (Å²) in [6.45, 7) is 4.90. The highest BCUT2D eigenvalue weighted by Gasteiger charge is 2.32. The summed E-state index contributed by atoms with van der Waals surface area (Å²) in [5, 5.41) is 7.08. The Morgan fingerprint density at radius 1 is 1.18 bits per heavy atom. The molecule has 2 aromatic rings. The van der Waals surface area contributed by atoms with Crippen LogP contribution in [0.4, 0.5) is 23.2 Å². The third-order valence-electron chi connectivity index (χ3n) is 7.57. The van der Waals surface area contributed by atoms with Gasteiger partial charge in [0.2, 0.25) is 0 Å². The van der Waals surface area contributed by atoms with Gasteiger partial charge in [-0.1, -0.05) is 31.9 Å². The van der Waals surface area contributed by atoms with Gasteiger partial charge in [0.25, 0.3) is 0 Å². The molecule has 0 bridgehead atoms. The van der Waals surface area contributed by atoms with Crippen LogP contribution in [0.15, 0.2) is 58.1 Å². The van der Waals surface area contributed by atoms with Gasteiger partial charge in [0.05, 0.1) is 35.7 Å². The van der Waals surface area contributed by atoms with Gasteiger partial charge in [0, 0.05) is 36.3 Å². The smallest absolute Gasteiger partial charge is 0.384 e. The van der Waals surface area contributed by atoms with Crippen molar-refractivity contribution < 1.29 is 17.6 Å². The van der Waals surface area contributed by atoms with Gasteiger partial charge < -0.3 is 15.2 Å². The molecule has 6 nitrogen and oxygen atoms in total. The molecule has 1 aromatic heterocycles. The fourth-order valence-electron chi connectivity index (χ4n) is 5.48. The predicted molar refractivity (Wildman–Crippen MR) is 144 cm³/mol. The first-order valence-corrected chi connectivity index (χ1v) is 13.3. The lowest BCUT2D eigenvalue weighted by molar-refractivity contribution is -0.139. The summed E-state index contributed by atoms with van der Waals surface area (Å²) in [5.74, 6) is 0.587. The van der Waals surface area contributed by atoms with Crippen molar-refractivity contribution in [2.24, 2.45) is 15.9 Å². The number of rotatable bonds is 8. The van der Waals surface area contributed by atoms with Gasteiger partial charge in [-0.15, -0.1) is 0 Å². The van der Waals surface area contributed by atoms with Gasteiger partial charge in [-0.05, 0) is 44.0 Å². The number of hydrogen-bond acceptors (Lipinski definition) is 5. The molecule has 1 aliphatic carbocycles. The van der Waals surface area contributed by atoms with E-state index >= 15 is 0 Å². The number of amidine groups is 1. The first kappa shape index (κ1) is 26.5. The molecule has 1 aromatic carbocycles. The second kappa shape index (κ2) is 10.9. The molecule has 0 spiro atoms. The molecule has 0 amide bonds. The number of hydrogen-bond donors (Lipinski definition) is 2. The molecule has 0 atom stereocenters. The Labute approximate surface area is 220 Å². The summed E-state index contributed by atoms with van der Waals surface area (Å²) < 4.78 is 56.8. The normalized spacial score (nSPS) is 19.6. The van der Waals surface area contributed by atoms with E-state index in [4.69, 9.17) is 0 Å². The van der Waals surface area contributed by atoms with Crippen LogP contribution in [0.2, 0.25) is 0 Å². The van der Waals surface area contributed by atoms with Gasteiger partial charge in [-0.25, -0.2) is 9.38 Å². The molecule has 2 N–H and O–H groups in total. The predicted octanol–water partition coefficient (Wildman–Crippen LogP) is 6.02. The largest absolute Gasteiger partial charge is 0.406 e. The summed E-state index contributed by atoms with van der Waals surface area (Å²) in [6.07, 6.45) is 2.21. The van der Waals surface area contributed by atoms with E-state index in [0.717, 1.165) is 6.54 Å². The number of alkyl halides is 3. The minimum absolute atomic E-state index is 0.200. The number of anilines is 1. The zero-order valence-electron chi connectivity index (χ0n) is 21.7. The van der Waals surface area contributed by atoms with Crippen molar-refractivity contribution in [2.45, 2.75) is 51.2 Å². The Morgan fingerprint density at radius 3 is 2.71 bits per heavy atom. The van der Waals surface area contributed by atoms with Crippen LogP contribution < -0.4 is 10.6 Å². The Bertz CT molecular complexity index is 1300.